The Labute approximate surface area is 258 Å². The molecule has 232 valence electrons. The zero-order valence-corrected chi connectivity index (χ0v) is 25.7. The van der Waals surface area contributed by atoms with Gasteiger partial charge in [0, 0.05) is 29.1 Å². The van der Waals surface area contributed by atoms with Crippen molar-refractivity contribution in [2.45, 2.75) is 70.0 Å². The molecule has 1 aliphatic rings. The maximum Gasteiger partial charge on any atom is 0.142 e. The molecule has 1 aliphatic carbocycles. The second kappa shape index (κ2) is 14.7. The van der Waals surface area contributed by atoms with E-state index < -0.39 is 6.04 Å². The molecule has 44 heavy (non-hydrogen) atoms. The largest absolute Gasteiger partial charge is 0.457 e. The molecular weight excluding hydrogens is 556 g/mol. The summed E-state index contributed by atoms with van der Waals surface area (Å²) in [5, 5.41) is 19.4. The monoisotopic (exact) mass is 598 g/mol. The van der Waals surface area contributed by atoms with Gasteiger partial charge in [-0.05, 0) is 69.1 Å². The van der Waals surface area contributed by atoms with Crippen LogP contribution in [0.4, 0.5) is 11.6 Å². The molecule has 1 atom stereocenters. The second-order valence-electron chi connectivity index (χ2n) is 11.8. The minimum absolute atomic E-state index is 0.103. The van der Waals surface area contributed by atoms with Crippen molar-refractivity contribution in [1.82, 2.24) is 20.4 Å². The summed E-state index contributed by atoms with van der Waals surface area (Å²) in [5.74, 6) is 3.14. The van der Waals surface area contributed by atoms with E-state index >= 15 is 0 Å². The van der Waals surface area contributed by atoms with Gasteiger partial charge in [-0.25, -0.2) is 9.97 Å². The third-order valence-corrected chi connectivity index (χ3v) is 7.48. The average molecular weight is 599 g/mol. The molecule has 2 heterocycles. The minimum atomic E-state index is -0.681. The van der Waals surface area contributed by atoms with Gasteiger partial charge in [0.1, 0.15) is 53.2 Å². The molecule has 0 amide bonds. The fourth-order valence-electron chi connectivity index (χ4n) is 4.80. The lowest BCUT2D eigenvalue weighted by Crippen LogP contribution is -2.35. The SMILES string of the molecule is CC(C)(C)c1cc(C(N)C=O)no1.CNC1CCC(Nc2ncnc(N)c2C(=N)c2ccc(Oc3ccccc3)cc2)CC1. The number of aldehydes is 1. The second-order valence-corrected chi connectivity index (χ2v) is 11.8. The van der Waals surface area contributed by atoms with Gasteiger partial charge in [-0.2, -0.15) is 0 Å². The summed E-state index contributed by atoms with van der Waals surface area (Å²) >= 11 is 0. The summed E-state index contributed by atoms with van der Waals surface area (Å²) in [7, 11) is 2.01. The summed E-state index contributed by atoms with van der Waals surface area (Å²) in [4.78, 5) is 18.9. The van der Waals surface area contributed by atoms with Gasteiger partial charge < -0.3 is 36.2 Å². The first kappa shape index (κ1) is 32.3. The molecule has 2 aromatic heterocycles. The van der Waals surface area contributed by atoms with Crippen LogP contribution in [-0.2, 0) is 10.2 Å². The van der Waals surface area contributed by atoms with Crippen LogP contribution >= 0.6 is 0 Å². The van der Waals surface area contributed by atoms with Crippen LogP contribution < -0.4 is 26.8 Å². The first-order valence-corrected chi connectivity index (χ1v) is 14.7. The molecule has 0 aliphatic heterocycles. The number of para-hydroxylation sites is 1. The molecule has 4 aromatic rings. The number of carbonyl (C=O) groups excluding carboxylic acids is 1. The number of benzene rings is 2. The zero-order chi connectivity index (χ0) is 31.7. The number of carbonyl (C=O) groups is 1. The lowest BCUT2D eigenvalue weighted by atomic mass is 9.91. The lowest BCUT2D eigenvalue weighted by Gasteiger charge is -2.29. The molecular formula is C33H42N8O3. The van der Waals surface area contributed by atoms with E-state index in [1.807, 2.05) is 82.4 Å². The molecule has 5 rings (SSSR count). The number of aromatic nitrogens is 3. The van der Waals surface area contributed by atoms with Gasteiger partial charge >= 0.3 is 0 Å². The number of ether oxygens (including phenoxy) is 1. The van der Waals surface area contributed by atoms with Crippen LogP contribution in [0, 0.1) is 5.41 Å². The van der Waals surface area contributed by atoms with Gasteiger partial charge in [0.25, 0.3) is 0 Å². The fourth-order valence-corrected chi connectivity index (χ4v) is 4.80. The van der Waals surface area contributed by atoms with E-state index in [0.29, 0.717) is 47.0 Å². The van der Waals surface area contributed by atoms with E-state index in [2.05, 4.69) is 25.8 Å². The number of nitrogens with two attached hydrogens (primary N) is 2. The highest BCUT2D eigenvalue weighted by atomic mass is 16.5. The number of nitrogens with one attached hydrogen (secondary N) is 3. The molecule has 1 fully saturated rings. The third kappa shape index (κ3) is 8.48. The van der Waals surface area contributed by atoms with E-state index in [4.69, 9.17) is 26.1 Å². The van der Waals surface area contributed by atoms with Gasteiger partial charge in [0.15, 0.2) is 0 Å². The standard InChI is InChI=1S/C24H28N6O.C9H14N2O2/c1-27-17-9-11-18(12-10-17)30-24-21(23(26)28-15-29-24)22(25)16-7-13-20(14-8-16)31-19-5-3-2-4-6-19;1-9(2,3)8-4-7(11-13-8)6(10)5-12/h2-8,13-15,17-18,25,27H,9-12H2,1H3,(H3,26,28,29,30);4-6H,10H2,1-3H3. The van der Waals surface area contributed by atoms with Gasteiger partial charge in [0.05, 0.1) is 11.3 Å². The van der Waals surface area contributed by atoms with E-state index in [0.717, 1.165) is 42.8 Å². The van der Waals surface area contributed by atoms with Crippen LogP contribution in [-0.4, -0.2) is 46.3 Å². The average Bonchev–Trinajstić information content (AvgIpc) is 3.54. The Bertz CT molecular complexity index is 1510. The molecule has 7 N–H and O–H groups in total. The number of rotatable bonds is 9. The number of hydrogen-bond acceptors (Lipinski definition) is 11. The summed E-state index contributed by atoms with van der Waals surface area (Å²) in [6.07, 6.45) is 6.42. The Morgan fingerprint density at radius 2 is 1.66 bits per heavy atom. The Balaban J connectivity index is 0.000000285. The van der Waals surface area contributed by atoms with E-state index in [-0.39, 0.29) is 11.1 Å². The van der Waals surface area contributed by atoms with Crippen molar-refractivity contribution in [3.8, 4) is 11.5 Å². The van der Waals surface area contributed by atoms with Crippen LogP contribution in [0.5, 0.6) is 11.5 Å². The van der Waals surface area contributed by atoms with E-state index in [1.165, 1.54) is 6.33 Å². The maximum absolute atomic E-state index is 10.4. The van der Waals surface area contributed by atoms with Gasteiger partial charge in [0.2, 0.25) is 0 Å². The summed E-state index contributed by atoms with van der Waals surface area (Å²) in [6.45, 7) is 6.01. The first-order valence-electron chi connectivity index (χ1n) is 14.7. The van der Waals surface area contributed by atoms with Crippen LogP contribution in [0.15, 0.2) is 71.5 Å². The molecule has 1 unspecified atom stereocenters. The summed E-state index contributed by atoms with van der Waals surface area (Å²) < 4.78 is 10.9. The number of nitrogens with zero attached hydrogens (tertiary/aromatic N) is 3. The summed E-state index contributed by atoms with van der Waals surface area (Å²) in [5.41, 5.74) is 13.6. The molecule has 1 saturated carbocycles. The molecule has 0 radical (unpaired) electrons. The minimum Gasteiger partial charge on any atom is -0.457 e. The van der Waals surface area contributed by atoms with Gasteiger partial charge in [-0.15, -0.1) is 0 Å². The van der Waals surface area contributed by atoms with Crippen LogP contribution in [0.25, 0.3) is 0 Å². The molecule has 0 spiro atoms. The lowest BCUT2D eigenvalue weighted by molar-refractivity contribution is -0.109. The van der Waals surface area contributed by atoms with Crippen LogP contribution in [0.3, 0.4) is 0 Å². The van der Waals surface area contributed by atoms with Crippen molar-refractivity contribution in [3.63, 3.8) is 0 Å². The normalized spacial score (nSPS) is 17.1. The van der Waals surface area contributed by atoms with Crippen molar-refractivity contribution in [1.29, 1.82) is 5.41 Å². The van der Waals surface area contributed by atoms with Crippen molar-refractivity contribution >= 4 is 23.6 Å². The van der Waals surface area contributed by atoms with Crippen LogP contribution in [0.1, 0.15) is 75.1 Å². The predicted octanol–water partition coefficient (Wildman–Crippen LogP) is 5.38. The Morgan fingerprint density at radius 3 is 2.25 bits per heavy atom. The van der Waals surface area contributed by atoms with E-state index in [1.54, 1.807) is 6.07 Å². The molecule has 11 heteroatoms. The molecule has 2 aromatic carbocycles. The first-order chi connectivity index (χ1) is 21.1. The topological polar surface area (TPSA) is 178 Å². The number of anilines is 2. The highest BCUT2D eigenvalue weighted by molar-refractivity contribution is 6.16. The van der Waals surface area contributed by atoms with Crippen molar-refractivity contribution in [3.05, 3.63) is 89.6 Å². The van der Waals surface area contributed by atoms with Gasteiger partial charge in [-0.3, -0.25) is 5.41 Å². The highest BCUT2D eigenvalue weighted by Crippen LogP contribution is 2.28. The highest BCUT2D eigenvalue weighted by Gasteiger charge is 2.24. The van der Waals surface area contributed by atoms with Crippen molar-refractivity contribution in [2.75, 3.05) is 18.1 Å². The fraction of sp³-hybridized carbons (Fsp3) is 0.364. The van der Waals surface area contributed by atoms with Crippen molar-refractivity contribution in [2.24, 2.45) is 5.73 Å². The van der Waals surface area contributed by atoms with Crippen LogP contribution in [0.2, 0.25) is 0 Å². The quantitative estimate of drug-likeness (QED) is 0.124. The summed E-state index contributed by atoms with van der Waals surface area (Å²) in [6, 6.07) is 18.9. The van der Waals surface area contributed by atoms with Crippen molar-refractivity contribution < 1.29 is 14.1 Å². The Morgan fingerprint density at radius 1 is 1.02 bits per heavy atom. The smallest absolute Gasteiger partial charge is 0.142 e. The maximum atomic E-state index is 10.4. The predicted molar refractivity (Wildman–Crippen MR) is 172 cm³/mol. The molecule has 0 bridgehead atoms. The number of hydrogen-bond donors (Lipinski definition) is 5. The Kier molecular flexibility index (Phi) is 10.8. The van der Waals surface area contributed by atoms with Gasteiger partial charge in [-0.1, -0.05) is 44.1 Å². The number of nitrogen functional groups attached to an aromatic ring is 1. The zero-order valence-electron chi connectivity index (χ0n) is 25.7. The molecule has 0 saturated heterocycles. The Hall–Kier alpha value is -4.61. The van der Waals surface area contributed by atoms with E-state index in [9.17, 15) is 4.79 Å². The molecule has 11 nitrogen and oxygen atoms in total. The third-order valence-electron chi connectivity index (χ3n) is 7.48.